The summed E-state index contributed by atoms with van der Waals surface area (Å²) in [5, 5.41) is 2.93. The fraction of sp³-hybridized carbons (Fsp3) is 0.556. The van der Waals surface area contributed by atoms with Crippen LogP contribution in [-0.2, 0) is 9.53 Å². The van der Waals surface area contributed by atoms with Gasteiger partial charge in [0.15, 0.2) is 6.61 Å². The second-order valence-corrected chi connectivity index (χ2v) is 6.20. The summed E-state index contributed by atoms with van der Waals surface area (Å²) >= 11 is 0. The molecule has 0 spiro atoms. The normalized spacial score (nSPS) is 20.1. The van der Waals surface area contributed by atoms with Gasteiger partial charge in [-0.15, -0.1) is 0 Å². The van der Waals surface area contributed by atoms with Crippen molar-refractivity contribution in [3.8, 4) is 11.5 Å². The highest BCUT2D eigenvalue weighted by Gasteiger charge is 2.20. The van der Waals surface area contributed by atoms with Crippen LogP contribution in [-0.4, -0.2) is 38.7 Å². The first-order chi connectivity index (χ1) is 11.5. The lowest BCUT2D eigenvalue weighted by atomic mass is 9.87. The minimum atomic E-state index is -0.584. The van der Waals surface area contributed by atoms with Crippen LogP contribution in [0.25, 0.3) is 0 Å². The molecule has 1 amide bonds. The SMILES string of the molecule is COc1cc(OC)cc(C(=O)OCC(=O)NC2CCC(C)CC2)c1. The van der Waals surface area contributed by atoms with Crippen molar-refractivity contribution < 1.29 is 23.8 Å². The zero-order chi connectivity index (χ0) is 17.5. The Hall–Kier alpha value is -2.24. The van der Waals surface area contributed by atoms with E-state index in [-0.39, 0.29) is 24.1 Å². The minimum absolute atomic E-state index is 0.185. The average molecular weight is 335 g/mol. The predicted molar refractivity (Wildman–Crippen MR) is 89.4 cm³/mol. The highest BCUT2D eigenvalue weighted by Crippen LogP contribution is 2.24. The molecule has 6 heteroatoms. The molecule has 1 aliphatic carbocycles. The van der Waals surface area contributed by atoms with Crippen LogP contribution < -0.4 is 14.8 Å². The monoisotopic (exact) mass is 335 g/mol. The van der Waals surface area contributed by atoms with Crippen molar-refractivity contribution in [3.05, 3.63) is 23.8 Å². The molecule has 0 radical (unpaired) electrons. The molecule has 0 aromatic heterocycles. The van der Waals surface area contributed by atoms with Crippen molar-refractivity contribution in [1.82, 2.24) is 5.32 Å². The van der Waals surface area contributed by atoms with Crippen LogP contribution in [0.2, 0.25) is 0 Å². The average Bonchev–Trinajstić information content (AvgIpc) is 2.61. The number of amides is 1. The third kappa shape index (κ3) is 5.15. The molecular formula is C18H25NO5. The molecule has 132 valence electrons. The first-order valence-corrected chi connectivity index (χ1v) is 8.21. The van der Waals surface area contributed by atoms with Crippen molar-refractivity contribution in [2.75, 3.05) is 20.8 Å². The Balaban J connectivity index is 1.85. The van der Waals surface area contributed by atoms with Gasteiger partial charge in [-0.3, -0.25) is 4.79 Å². The summed E-state index contributed by atoms with van der Waals surface area (Å²) in [6, 6.07) is 4.94. The van der Waals surface area contributed by atoms with E-state index in [1.807, 2.05) is 0 Å². The molecule has 2 rings (SSSR count). The van der Waals surface area contributed by atoms with Crippen LogP contribution in [0.4, 0.5) is 0 Å². The summed E-state index contributed by atoms with van der Waals surface area (Å²) in [5.74, 6) is 0.848. The zero-order valence-electron chi connectivity index (χ0n) is 14.5. The van der Waals surface area contributed by atoms with Gasteiger partial charge in [-0.2, -0.15) is 0 Å². The third-order valence-electron chi connectivity index (χ3n) is 4.30. The summed E-state index contributed by atoms with van der Waals surface area (Å²) in [6.45, 7) is 1.94. The van der Waals surface area contributed by atoms with Crippen LogP contribution in [0.1, 0.15) is 43.0 Å². The molecule has 1 aromatic rings. The first-order valence-electron chi connectivity index (χ1n) is 8.21. The molecule has 1 fully saturated rings. The van der Waals surface area contributed by atoms with Gasteiger partial charge < -0.3 is 19.5 Å². The second kappa shape index (κ2) is 8.57. The maximum Gasteiger partial charge on any atom is 0.338 e. The lowest BCUT2D eigenvalue weighted by molar-refractivity contribution is -0.125. The van der Waals surface area contributed by atoms with Crippen molar-refractivity contribution in [2.24, 2.45) is 5.92 Å². The van der Waals surface area contributed by atoms with E-state index in [4.69, 9.17) is 14.2 Å². The van der Waals surface area contributed by atoms with E-state index >= 15 is 0 Å². The first kappa shape index (κ1) is 18.1. The number of methoxy groups -OCH3 is 2. The van der Waals surface area contributed by atoms with Crippen LogP contribution in [0.3, 0.4) is 0 Å². The van der Waals surface area contributed by atoms with E-state index in [2.05, 4.69) is 12.2 Å². The number of ether oxygens (including phenoxy) is 3. The Morgan fingerprint density at radius 2 is 1.62 bits per heavy atom. The number of carbonyl (C=O) groups excluding carboxylic acids is 2. The number of hydrogen-bond acceptors (Lipinski definition) is 5. The van der Waals surface area contributed by atoms with E-state index in [1.165, 1.54) is 14.2 Å². The van der Waals surface area contributed by atoms with E-state index in [1.54, 1.807) is 18.2 Å². The number of benzene rings is 1. The summed E-state index contributed by atoms with van der Waals surface area (Å²) in [6.07, 6.45) is 4.20. The second-order valence-electron chi connectivity index (χ2n) is 6.20. The molecular weight excluding hydrogens is 310 g/mol. The fourth-order valence-electron chi connectivity index (χ4n) is 2.81. The maximum absolute atomic E-state index is 12.1. The fourth-order valence-corrected chi connectivity index (χ4v) is 2.81. The molecule has 0 saturated heterocycles. The van der Waals surface area contributed by atoms with Gasteiger partial charge in [0.1, 0.15) is 11.5 Å². The van der Waals surface area contributed by atoms with Gasteiger partial charge in [-0.25, -0.2) is 4.79 Å². The number of hydrogen-bond donors (Lipinski definition) is 1. The Labute approximate surface area is 142 Å². The van der Waals surface area contributed by atoms with Crippen molar-refractivity contribution in [2.45, 2.75) is 38.6 Å². The van der Waals surface area contributed by atoms with Crippen LogP contribution in [0.5, 0.6) is 11.5 Å². The molecule has 0 unspecified atom stereocenters. The van der Waals surface area contributed by atoms with E-state index in [0.717, 1.165) is 31.6 Å². The largest absolute Gasteiger partial charge is 0.497 e. The van der Waals surface area contributed by atoms with Crippen molar-refractivity contribution in [1.29, 1.82) is 0 Å². The molecule has 1 aliphatic rings. The Morgan fingerprint density at radius 1 is 1.04 bits per heavy atom. The number of rotatable bonds is 6. The van der Waals surface area contributed by atoms with Gasteiger partial charge in [-0.05, 0) is 43.7 Å². The lowest BCUT2D eigenvalue weighted by Gasteiger charge is -2.26. The molecule has 0 bridgehead atoms. The maximum atomic E-state index is 12.1. The standard InChI is InChI=1S/C18H25NO5/c1-12-4-6-14(7-5-12)19-17(20)11-24-18(21)13-8-15(22-2)10-16(9-13)23-3/h8-10,12,14H,4-7,11H2,1-3H3,(H,19,20). The van der Waals surface area contributed by atoms with E-state index < -0.39 is 5.97 Å². The molecule has 24 heavy (non-hydrogen) atoms. The van der Waals surface area contributed by atoms with Gasteiger partial charge >= 0.3 is 5.97 Å². The molecule has 1 aromatic carbocycles. The highest BCUT2D eigenvalue weighted by atomic mass is 16.5. The Kier molecular flexibility index (Phi) is 6.46. The molecule has 0 aliphatic heterocycles. The number of carbonyl (C=O) groups is 2. The lowest BCUT2D eigenvalue weighted by Crippen LogP contribution is -2.39. The molecule has 0 atom stereocenters. The van der Waals surface area contributed by atoms with Gasteiger partial charge in [0.05, 0.1) is 19.8 Å². The molecule has 6 nitrogen and oxygen atoms in total. The van der Waals surface area contributed by atoms with Crippen LogP contribution in [0, 0.1) is 5.92 Å². The summed E-state index contributed by atoms with van der Waals surface area (Å²) in [7, 11) is 3.00. The van der Waals surface area contributed by atoms with Crippen LogP contribution >= 0.6 is 0 Å². The van der Waals surface area contributed by atoms with Crippen molar-refractivity contribution in [3.63, 3.8) is 0 Å². The number of esters is 1. The summed E-state index contributed by atoms with van der Waals surface area (Å²) in [5.41, 5.74) is 0.283. The highest BCUT2D eigenvalue weighted by molar-refractivity contribution is 5.92. The summed E-state index contributed by atoms with van der Waals surface area (Å²) in [4.78, 5) is 24.0. The van der Waals surface area contributed by atoms with Gasteiger partial charge in [0.25, 0.3) is 5.91 Å². The quantitative estimate of drug-likeness (QED) is 0.809. The molecule has 0 heterocycles. The van der Waals surface area contributed by atoms with Crippen LogP contribution in [0.15, 0.2) is 18.2 Å². The predicted octanol–water partition coefficient (Wildman–Crippen LogP) is 2.56. The van der Waals surface area contributed by atoms with Gasteiger partial charge in [0.2, 0.25) is 0 Å². The molecule has 1 N–H and O–H groups in total. The van der Waals surface area contributed by atoms with E-state index in [9.17, 15) is 9.59 Å². The third-order valence-corrected chi connectivity index (χ3v) is 4.30. The zero-order valence-corrected chi connectivity index (χ0v) is 14.5. The van der Waals surface area contributed by atoms with Gasteiger partial charge in [-0.1, -0.05) is 6.92 Å². The minimum Gasteiger partial charge on any atom is -0.497 e. The van der Waals surface area contributed by atoms with Crippen molar-refractivity contribution >= 4 is 11.9 Å². The van der Waals surface area contributed by atoms with E-state index in [0.29, 0.717) is 11.5 Å². The number of nitrogens with one attached hydrogen (secondary N) is 1. The van der Waals surface area contributed by atoms with Gasteiger partial charge in [0, 0.05) is 12.1 Å². The topological polar surface area (TPSA) is 73.9 Å². The smallest absolute Gasteiger partial charge is 0.338 e. The molecule has 1 saturated carbocycles. The Morgan fingerprint density at radius 3 is 2.17 bits per heavy atom. The Bertz CT molecular complexity index is 557. The summed E-state index contributed by atoms with van der Waals surface area (Å²) < 4.78 is 15.3.